The topological polar surface area (TPSA) is 46.0 Å². The van der Waals surface area contributed by atoms with E-state index in [9.17, 15) is 0 Å². The van der Waals surface area contributed by atoms with Gasteiger partial charge in [0.25, 0.3) is 0 Å². The lowest BCUT2D eigenvalue weighted by Crippen LogP contribution is -2.12. The van der Waals surface area contributed by atoms with E-state index in [1.54, 1.807) is 0 Å². The Bertz CT molecular complexity index is 945. The van der Waals surface area contributed by atoms with Crippen LogP contribution in [-0.2, 0) is 0 Å². The zero-order chi connectivity index (χ0) is 17.8. The minimum atomic E-state index is 0.694. The molecule has 0 aliphatic rings. The van der Waals surface area contributed by atoms with Gasteiger partial charge in [-0.1, -0.05) is 90.4 Å². The van der Waals surface area contributed by atoms with E-state index in [4.69, 9.17) is 15.0 Å². The molecular weight excluding hydrogens is 319 g/mol. The van der Waals surface area contributed by atoms with Gasteiger partial charge in [0.2, 0.25) is 0 Å². The van der Waals surface area contributed by atoms with Crippen molar-refractivity contribution < 1.29 is 5.02 Å². The summed E-state index contributed by atoms with van der Waals surface area (Å²) in [5, 5.41) is 9.13. The van der Waals surface area contributed by atoms with Crippen molar-refractivity contribution in [2.45, 2.75) is 0 Å². The first-order valence-corrected chi connectivity index (χ1v) is 8.41. The van der Waals surface area contributed by atoms with Crippen LogP contribution in [0.4, 0.5) is 0 Å². The average molecular weight is 335 g/mol. The molecule has 3 aromatic carbocycles. The van der Waals surface area contributed by atoms with Crippen LogP contribution in [0.1, 0.15) is 0 Å². The number of rotatable bonds is 4. The Morgan fingerprint density at radius 3 is 1.62 bits per heavy atom. The highest BCUT2D eigenvalue weighted by Gasteiger charge is 2.10. The molecule has 0 atom stereocenters. The average Bonchev–Trinajstić information content (AvgIpc) is 2.75. The van der Waals surface area contributed by atoms with Crippen molar-refractivity contribution in [3.05, 3.63) is 91.0 Å². The van der Waals surface area contributed by atoms with Crippen molar-refractivity contribution in [3.63, 3.8) is 0 Å². The molecule has 4 rings (SSSR count). The van der Waals surface area contributed by atoms with E-state index in [2.05, 4.69) is 0 Å². The standard InChI is InChI=1S/C22H16BN2O/c26-23-19-13-11-17(12-14-19)21-15-20(16-7-3-1-4-8-16)24-22(25-21)18-9-5-2-6-10-18/h1-15,26H. The summed E-state index contributed by atoms with van der Waals surface area (Å²) < 4.78 is 0. The molecule has 1 heterocycles. The van der Waals surface area contributed by atoms with Gasteiger partial charge in [0.05, 0.1) is 11.4 Å². The molecule has 0 saturated carbocycles. The lowest BCUT2D eigenvalue weighted by Gasteiger charge is -2.09. The summed E-state index contributed by atoms with van der Waals surface area (Å²) in [6.07, 6.45) is 0. The van der Waals surface area contributed by atoms with Crippen LogP contribution in [0.5, 0.6) is 0 Å². The largest absolute Gasteiger partial charge is 0.450 e. The van der Waals surface area contributed by atoms with Crippen molar-refractivity contribution in [2.24, 2.45) is 0 Å². The molecule has 26 heavy (non-hydrogen) atoms. The molecule has 1 radical (unpaired) electrons. The predicted octanol–water partition coefficient (Wildman–Crippen LogP) is 3.71. The quantitative estimate of drug-likeness (QED) is 0.578. The number of nitrogens with zero attached hydrogens (tertiary/aromatic N) is 2. The first kappa shape index (κ1) is 16.2. The minimum Gasteiger partial charge on any atom is -0.450 e. The molecule has 3 nitrogen and oxygen atoms in total. The molecule has 0 amide bonds. The van der Waals surface area contributed by atoms with Crippen molar-refractivity contribution >= 4 is 12.9 Å². The summed E-state index contributed by atoms with van der Waals surface area (Å²) >= 11 is 0. The SMILES string of the molecule is O[B]c1ccc(-c2cc(-c3ccccc3)nc(-c3ccccc3)n2)cc1. The van der Waals surface area contributed by atoms with Gasteiger partial charge < -0.3 is 5.02 Å². The predicted molar refractivity (Wildman–Crippen MR) is 106 cm³/mol. The maximum Gasteiger partial charge on any atom is 0.326 e. The number of hydrogen-bond acceptors (Lipinski definition) is 3. The Morgan fingerprint density at radius 2 is 1.08 bits per heavy atom. The third kappa shape index (κ3) is 3.41. The van der Waals surface area contributed by atoms with Gasteiger partial charge in [0.1, 0.15) is 0 Å². The Labute approximate surface area is 153 Å². The first-order chi connectivity index (χ1) is 12.8. The van der Waals surface area contributed by atoms with Gasteiger partial charge in [-0.25, -0.2) is 9.97 Å². The number of benzene rings is 3. The van der Waals surface area contributed by atoms with Crippen LogP contribution in [-0.4, -0.2) is 22.5 Å². The molecule has 0 fully saturated rings. The molecule has 0 saturated heterocycles. The van der Waals surface area contributed by atoms with Crippen molar-refractivity contribution in [1.29, 1.82) is 0 Å². The highest BCUT2D eigenvalue weighted by atomic mass is 16.2. The second-order valence-electron chi connectivity index (χ2n) is 5.95. The van der Waals surface area contributed by atoms with Gasteiger partial charge in [-0.15, -0.1) is 0 Å². The van der Waals surface area contributed by atoms with E-state index in [0.29, 0.717) is 5.82 Å². The molecule has 0 unspecified atom stereocenters. The molecule has 0 aliphatic carbocycles. The van der Waals surface area contributed by atoms with Crippen molar-refractivity contribution in [3.8, 4) is 33.9 Å². The summed E-state index contributed by atoms with van der Waals surface area (Å²) in [7, 11) is 1.09. The summed E-state index contributed by atoms with van der Waals surface area (Å²) in [6, 6.07) is 29.7. The van der Waals surface area contributed by atoms with Gasteiger partial charge in [-0.05, 0) is 6.07 Å². The number of aromatic nitrogens is 2. The molecular formula is C22H16BN2O. The smallest absolute Gasteiger partial charge is 0.326 e. The molecule has 0 aliphatic heterocycles. The van der Waals surface area contributed by atoms with Gasteiger partial charge in [-0.2, -0.15) is 0 Å². The van der Waals surface area contributed by atoms with E-state index in [-0.39, 0.29) is 0 Å². The van der Waals surface area contributed by atoms with Crippen LogP contribution in [0.3, 0.4) is 0 Å². The summed E-state index contributed by atoms with van der Waals surface area (Å²) in [5.41, 5.74) is 5.50. The first-order valence-electron chi connectivity index (χ1n) is 8.41. The fourth-order valence-corrected chi connectivity index (χ4v) is 2.81. The lowest BCUT2D eigenvalue weighted by atomic mass is 9.88. The normalized spacial score (nSPS) is 10.5. The van der Waals surface area contributed by atoms with E-state index >= 15 is 0 Å². The van der Waals surface area contributed by atoms with Gasteiger partial charge in [0.15, 0.2) is 5.82 Å². The molecule has 4 aromatic rings. The second-order valence-corrected chi connectivity index (χ2v) is 5.95. The van der Waals surface area contributed by atoms with Crippen molar-refractivity contribution in [1.82, 2.24) is 9.97 Å². The Morgan fingerprint density at radius 1 is 0.577 bits per heavy atom. The van der Waals surface area contributed by atoms with Gasteiger partial charge in [0, 0.05) is 16.7 Å². The van der Waals surface area contributed by atoms with Crippen molar-refractivity contribution in [2.75, 3.05) is 0 Å². The van der Waals surface area contributed by atoms with Crippen LogP contribution < -0.4 is 5.46 Å². The van der Waals surface area contributed by atoms with E-state index < -0.39 is 0 Å². The summed E-state index contributed by atoms with van der Waals surface area (Å²) in [5.74, 6) is 0.694. The molecule has 1 aromatic heterocycles. The van der Waals surface area contributed by atoms with Crippen LogP contribution in [0.2, 0.25) is 0 Å². The van der Waals surface area contributed by atoms with Gasteiger partial charge in [-0.3, -0.25) is 0 Å². The van der Waals surface area contributed by atoms with E-state index in [0.717, 1.165) is 41.0 Å². The summed E-state index contributed by atoms with van der Waals surface area (Å²) in [6.45, 7) is 0. The molecule has 0 bridgehead atoms. The highest BCUT2D eigenvalue weighted by molar-refractivity contribution is 6.45. The fourth-order valence-electron chi connectivity index (χ4n) is 2.81. The summed E-state index contributed by atoms with van der Waals surface area (Å²) in [4.78, 5) is 9.55. The second kappa shape index (κ2) is 7.34. The monoisotopic (exact) mass is 335 g/mol. The zero-order valence-electron chi connectivity index (χ0n) is 14.1. The molecule has 1 N–H and O–H groups in total. The fraction of sp³-hybridized carbons (Fsp3) is 0. The van der Waals surface area contributed by atoms with Crippen LogP contribution in [0.15, 0.2) is 91.0 Å². The van der Waals surface area contributed by atoms with E-state index in [1.165, 1.54) is 0 Å². The van der Waals surface area contributed by atoms with Crippen LogP contribution >= 0.6 is 0 Å². The molecule has 0 spiro atoms. The zero-order valence-corrected chi connectivity index (χ0v) is 14.1. The van der Waals surface area contributed by atoms with Crippen LogP contribution in [0.25, 0.3) is 33.9 Å². The maximum absolute atomic E-state index is 9.13. The molecule has 4 heteroatoms. The Balaban J connectivity index is 1.87. The van der Waals surface area contributed by atoms with Gasteiger partial charge >= 0.3 is 7.48 Å². The van der Waals surface area contributed by atoms with E-state index in [1.807, 2.05) is 91.0 Å². The van der Waals surface area contributed by atoms with Crippen LogP contribution in [0, 0.1) is 0 Å². The minimum absolute atomic E-state index is 0.694. The number of hydrogen-bond donors (Lipinski definition) is 1. The third-order valence-electron chi connectivity index (χ3n) is 4.18. The third-order valence-corrected chi connectivity index (χ3v) is 4.18. The lowest BCUT2D eigenvalue weighted by molar-refractivity contribution is 0.615. The molecule has 123 valence electrons. The Hall–Kier alpha value is -3.24. The highest BCUT2D eigenvalue weighted by Crippen LogP contribution is 2.26. The maximum atomic E-state index is 9.13. The Kier molecular flexibility index (Phi) is 4.58.